The summed E-state index contributed by atoms with van der Waals surface area (Å²) in [5.74, 6) is 0.0281. The predicted octanol–water partition coefficient (Wildman–Crippen LogP) is 4.53. The van der Waals surface area contributed by atoms with E-state index in [4.69, 9.17) is 0 Å². The van der Waals surface area contributed by atoms with Crippen LogP contribution in [0.4, 0.5) is 0 Å². The second kappa shape index (κ2) is 7.04. The standard InChI is InChI=1S/C16H15Br2NO/c1-19(10-9-12-5-3-2-4-6-12)16(20)14-8-7-13(17)11-15(14)18/h2-8,11H,9-10H2,1H3. The molecule has 2 rings (SSSR count). The monoisotopic (exact) mass is 395 g/mol. The van der Waals surface area contributed by atoms with Gasteiger partial charge in [0, 0.05) is 22.5 Å². The third kappa shape index (κ3) is 3.93. The van der Waals surface area contributed by atoms with E-state index in [1.54, 1.807) is 4.90 Å². The molecule has 0 radical (unpaired) electrons. The van der Waals surface area contributed by atoms with Gasteiger partial charge in [-0.15, -0.1) is 0 Å². The normalized spacial score (nSPS) is 10.3. The van der Waals surface area contributed by atoms with Crippen molar-refractivity contribution in [3.8, 4) is 0 Å². The first-order valence-corrected chi connectivity index (χ1v) is 7.91. The minimum atomic E-state index is 0.0281. The summed E-state index contributed by atoms with van der Waals surface area (Å²) < 4.78 is 1.76. The molecule has 0 saturated heterocycles. The molecule has 0 aliphatic rings. The van der Waals surface area contributed by atoms with E-state index in [1.165, 1.54) is 5.56 Å². The van der Waals surface area contributed by atoms with Crippen molar-refractivity contribution in [2.45, 2.75) is 6.42 Å². The maximum atomic E-state index is 12.4. The maximum Gasteiger partial charge on any atom is 0.254 e. The van der Waals surface area contributed by atoms with E-state index in [1.807, 2.05) is 43.4 Å². The van der Waals surface area contributed by atoms with Crippen molar-refractivity contribution in [2.75, 3.05) is 13.6 Å². The van der Waals surface area contributed by atoms with Crippen LogP contribution < -0.4 is 0 Å². The van der Waals surface area contributed by atoms with Gasteiger partial charge in [-0.2, -0.15) is 0 Å². The average Bonchev–Trinajstić information content (AvgIpc) is 2.45. The molecule has 0 atom stereocenters. The van der Waals surface area contributed by atoms with E-state index in [0.29, 0.717) is 12.1 Å². The SMILES string of the molecule is CN(CCc1ccccc1)C(=O)c1ccc(Br)cc1Br. The molecule has 4 heteroatoms. The Kier molecular flexibility index (Phi) is 5.38. The number of rotatable bonds is 4. The molecule has 0 spiro atoms. The fraction of sp³-hybridized carbons (Fsp3) is 0.188. The Balaban J connectivity index is 2.01. The molecular weight excluding hydrogens is 382 g/mol. The van der Waals surface area contributed by atoms with Crippen molar-refractivity contribution in [2.24, 2.45) is 0 Å². The number of carbonyl (C=O) groups excluding carboxylic acids is 1. The van der Waals surface area contributed by atoms with Crippen LogP contribution >= 0.6 is 31.9 Å². The zero-order chi connectivity index (χ0) is 14.5. The topological polar surface area (TPSA) is 20.3 Å². The Morgan fingerprint density at radius 1 is 1.10 bits per heavy atom. The van der Waals surface area contributed by atoms with Gasteiger partial charge < -0.3 is 4.90 Å². The lowest BCUT2D eigenvalue weighted by atomic mass is 10.1. The van der Waals surface area contributed by atoms with Gasteiger partial charge in [0.1, 0.15) is 0 Å². The lowest BCUT2D eigenvalue weighted by molar-refractivity contribution is 0.0795. The molecule has 2 nitrogen and oxygen atoms in total. The van der Waals surface area contributed by atoms with Gasteiger partial charge in [0.2, 0.25) is 0 Å². The molecule has 0 fully saturated rings. The van der Waals surface area contributed by atoms with Crippen molar-refractivity contribution < 1.29 is 4.79 Å². The molecule has 0 N–H and O–H groups in total. The van der Waals surface area contributed by atoms with Gasteiger partial charge in [-0.3, -0.25) is 4.79 Å². The number of benzene rings is 2. The number of hydrogen-bond acceptors (Lipinski definition) is 1. The number of nitrogens with zero attached hydrogens (tertiary/aromatic N) is 1. The Labute approximate surface area is 136 Å². The molecule has 0 heterocycles. The van der Waals surface area contributed by atoms with Crippen LogP contribution in [0.3, 0.4) is 0 Å². The highest BCUT2D eigenvalue weighted by atomic mass is 79.9. The van der Waals surface area contributed by atoms with Gasteiger partial charge in [0.15, 0.2) is 0 Å². The largest absolute Gasteiger partial charge is 0.341 e. The Morgan fingerprint density at radius 2 is 1.80 bits per heavy atom. The van der Waals surface area contributed by atoms with Crippen molar-refractivity contribution in [1.82, 2.24) is 4.90 Å². The van der Waals surface area contributed by atoms with Crippen LogP contribution in [0.1, 0.15) is 15.9 Å². The zero-order valence-corrected chi connectivity index (χ0v) is 14.3. The third-order valence-corrected chi connectivity index (χ3v) is 4.24. The number of halogens is 2. The fourth-order valence-electron chi connectivity index (χ4n) is 1.91. The van der Waals surface area contributed by atoms with Crippen LogP contribution in [0, 0.1) is 0 Å². The average molecular weight is 397 g/mol. The maximum absolute atomic E-state index is 12.4. The molecule has 0 aliphatic heterocycles. The van der Waals surface area contributed by atoms with E-state index in [9.17, 15) is 4.79 Å². The second-order valence-corrected chi connectivity index (χ2v) is 6.36. The van der Waals surface area contributed by atoms with E-state index >= 15 is 0 Å². The number of amides is 1. The molecule has 0 aromatic heterocycles. The highest BCUT2D eigenvalue weighted by molar-refractivity contribution is 9.11. The molecule has 2 aromatic carbocycles. The van der Waals surface area contributed by atoms with Gasteiger partial charge >= 0.3 is 0 Å². The smallest absolute Gasteiger partial charge is 0.254 e. The van der Waals surface area contributed by atoms with Gasteiger partial charge in [0.25, 0.3) is 5.91 Å². The van der Waals surface area contributed by atoms with Crippen molar-refractivity contribution in [3.05, 3.63) is 68.6 Å². The summed E-state index contributed by atoms with van der Waals surface area (Å²) in [4.78, 5) is 14.1. The van der Waals surface area contributed by atoms with Gasteiger partial charge in [-0.25, -0.2) is 0 Å². The first-order valence-electron chi connectivity index (χ1n) is 6.32. The van der Waals surface area contributed by atoms with Crippen LogP contribution in [-0.4, -0.2) is 24.4 Å². The molecule has 0 unspecified atom stereocenters. The van der Waals surface area contributed by atoms with Crippen molar-refractivity contribution in [3.63, 3.8) is 0 Å². The van der Waals surface area contributed by atoms with Crippen LogP contribution in [0.25, 0.3) is 0 Å². The Morgan fingerprint density at radius 3 is 2.45 bits per heavy atom. The summed E-state index contributed by atoms with van der Waals surface area (Å²) in [5.41, 5.74) is 1.92. The summed E-state index contributed by atoms with van der Waals surface area (Å²) in [6.45, 7) is 0.700. The van der Waals surface area contributed by atoms with Crippen molar-refractivity contribution >= 4 is 37.8 Å². The Hall–Kier alpha value is -1.13. The van der Waals surface area contributed by atoms with E-state index in [2.05, 4.69) is 44.0 Å². The minimum absolute atomic E-state index is 0.0281. The highest BCUT2D eigenvalue weighted by Gasteiger charge is 2.14. The van der Waals surface area contributed by atoms with Gasteiger partial charge in [0.05, 0.1) is 5.56 Å². The molecule has 0 saturated carbocycles. The van der Waals surface area contributed by atoms with E-state index in [-0.39, 0.29) is 5.91 Å². The Bertz CT molecular complexity index is 599. The molecule has 1 amide bonds. The zero-order valence-electron chi connectivity index (χ0n) is 11.1. The molecule has 2 aromatic rings. The lowest BCUT2D eigenvalue weighted by Gasteiger charge is -2.18. The predicted molar refractivity (Wildman–Crippen MR) is 88.9 cm³/mol. The number of carbonyl (C=O) groups is 1. The first-order chi connectivity index (χ1) is 9.58. The molecular formula is C16H15Br2NO. The summed E-state index contributed by atoms with van der Waals surface area (Å²) in [7, 11) is 1.83. The minimum Gasteiger partial charge on any atom is -0.341 e. The summed E-state index contributed by atoms with van der Waals surface area (Å²) >= 11 is 6.82. The second-order valence-electron chi connectivity index (χ2n) is 4.59. The summed E-state index contributed by atoms with van der Waals surface area (Å²) in [6, 6.07) is 15.8. The van der Waals surface area contributed by atoms with E-state index in [0.717, 1.165) is 15.4 Å². The van der Waals surface area contributed by atoms with E-state index < -0.39 is 0 Å². The van der Waals surface area contributed by atoms with Crippen LogP contribution in [0.5, 0.6) is 0 Å². The third-order valence-electron chi connectivity index (χ3n) is 3.09. The highest BCUT2D eigenvalue weighted by Crippen LogP contribution is 2.23. The van der Waals surface area contributed by atoms with Crippen LogP contribution in [0.15, 0.2) is 57.5 Å². The molecule has 104 valence electrons. The van der Waals surface area contributed by atoms with Gasteiger partial charge in [-0.05, 0) is 46.1 Å². The lowest BCUT2D eigenvalue weighted by Crippen LogP contribution is -2.29. The first kappa shape index (κ1) is 15.3. The quantitative estimate of drug-likeness (QED) is 0.743. The van der Waals surface area contributed by atoms with Crippen LogP contribution in [0.2, 0.25) is 0 Å². The molecule has 20 heavy (non-hydrogen) atoms. The van der Waals surface area contributed by atoms with Crippen LogP contribution in [-0.2, 0) is 6.42 Å². The number of hydrogen-bond donors (Lipinski definition) is 0. The molecule has 0 bridgehead atoms. The fourth-order valence-corrected chi connectivity index (χ4v) is 3.13. The number of likely N-dealkylation sites (N-methyl/N-ethyl adjacent to an activating group) is 1. The molecule has 0 aliphatic carbocycles. The van der Waals surface area contributed by atoms with Crippen molar-refractivity contribution in [1.29, 1.82) is 0 Å². The summed E-state index contributed by atoms with van der Waals surface area (Å²) in [5, 5.41) is 0. The summed E-state index contributed by atoms with van der Waals surface area (Å²) in [6.07, 6.45) is 0.858. The van der Waals surface area contributed by atoms with Gasteiger partial charge in [-0.1, -0.05) is 46.3 Å².